The molecule has 0 bridgehead atoms. The van der Waals surface area contributed by atoms with Gasteiger partial charge in [-0.1, -0.05) is 6.07 Å². The molecule has 0 spiro atoms. The van der Waals surface area contributed by atoms with Crippen LogP contribution in [0, 0.1) is 18.3 Å². The van der Waals surface area contributed by atoms with Gasteiger partial charge < -0.3 is 14.4 Å². The van der Waals surface area contributed by atoms with Crippen molar-refractivity contribution in [2.45, 2.75) is 45.1 Å². The molecule has 5 heteroatoms. The number of fused-ring (bicyclic) bond motifs is 1. The lowest BCUT2D eigenvalue weighted by atomic mass is 9.73. The number of aromatic nitrogens is 1. The Morgan fingerprint density at radius 3 is 3.08 bits per heavy atom. The van der Waals surface area contributed by atoms with Gasteiger partial charge in [0.1, 0.15) is 5.69 Å². The number of nitrogens with zero attached hydrogens (tertiary/aromatic N) is 2. The van der Waals surface area contributed by atoms with Crippen molar-refractivity contribution in [3.05, 3.63) is 29.6 Å². The van der Waals surface area contributed by atoms with Crippen LogP contribution in [0.3, 0.4) is 0 Å². The van der Waals surface area contributed by atoms with Gasteiger partial charge in [0.25, 0.3) is 5.91 Å². The van der Waals surface area contributed by atoms with Gasteiger partial charge in [-0.05, 0) is 57.1 Å². The number of hydrogen-bond donors (Lipinski definition) is 0. The number of hydrogen-bond acceptors (Lipinski definition) is 4. The van der Waals surface area contributed by atoms with Crippen LogP contribution in [0.4, 0.5) is 0 Å². The Hall–Kier alpha value is -1.46. The molecular weight excluding hydrogens is 316 g/mol. The first-order chi connectivity index (χ1) is 12.2. The van der Waals surface area contributed by atoms with Gasteiger partial charge in [-0.3, -0.25) is 4.79 Å². The van der Waals surface area contributed by atoms with Gasteiger partial charge in [-0.15, -0.1) is 0 Å². The Kier molecular flexibility index (Phi) is 4.78. The van der Waals surface area contributed by atoms with Crippen LogP contribution < -0.4 is 0 Å². The van der Waals surface area contributed by atoms with Crippen LogP contribution in [0.15, 0.2) is 18.2 Å². The number of rotatable bonds is 5. The Morgan fingerprint density at radius 2 is 2.28 bits per heavy atom. The normalized spacial score (nSPS) is 29.3. The highest BCUT2D eigenvalue weighted by molar-refractivity contribution is 5.92. The monoisotopic (exact) mass is 344 g/mol. The summed E-state index contributed by atoms with van der Waals surface area (Å²) in [6.45, 7) is 5.79. The van der Waals surface area contributed by atoms with Gasteiger partial charge in [0.2, 0.25) is 0 Å². The molecule has 0 N–H and O–H groups in total. The predicted molar refractivity (Wildman–Crippen MR) is 94.4 cm³/mol. The van der Waals surface area contributed by atoms with E-state index in [0.717, 1.165) is 57.2 Å². The highest BCUT2D eigenvalue weighted by Crippen LogP contribution is 2.41. The minimum Gasteiger partial charge on any atom is -0.380 e. The molecule has 2 aliphatic heterocycles. The summed E-state index contributed by atoms with van der Waals surface area (Å²) < 4.78 is 12.2. The van der Waals surface area contributed by atoms with Crippen molar-refractivity contribution in [3.63, 3.8) is 0 Å². The summed E-state index contributed by atoms with van der Waals surface area (Å²) in [4.78, 5) is 19.3. The number of aryl methyl sites for hydroxylation is 1. The number of piperidine rings is 1. The molecule has 1 aromatic rings. The third-order valence-electron chi connectivity index (χ3n) is 5.82. The highest BCUT2D eigenvalue weighted by Gasteiger charge is 2.47. The second-order valence-corrected chi connectivity index (χ2v) is 7.96. The maximum atomic E-state index is 12.9. The lowest BCUT2D eigenvalue weighted by Crippen LogP contribution is -2.58. The van der Waals surface area contributed by atoms with Gasteiger partial charge in [-0.25, -0.2) is 4.98 Å². The van der Waals surface area contributed by atoms with Crippen LogP contribution in [-0.4, -0.2) is 54.8 Å². The summed E-state index contributed by atoms with van der Waals surface area (Å²) in [5, 5.41) is 0. The van der Waals surface area contributed by atoms with Crippen molar-refractivity contribution in [1.82, 2.24) is 9.88 Å². The van der Waals surface area contributed by atoms with Crippen LogP contribution >= 0.6 is 0 Å². The van der Waals surface area contributed by atoms with E-state index >= 15 is 0 Å². The summed E-state index contributed by atoms with van der Waals surface area (Å²) in [5.41, 5.74) is 1.37. The minimum atomic E-state index is -0.0507. The number of pyridine rings is 1. The predicted octanol–water partition coefficient (Wildman–Crippen LogP) is 2.83. The van der Waals surface area contributed by atoms with E-state index in [1.165, 1.54) is 12.8 Å². The topological polar surface area (TPSA) is 51.7 Å². The van der Waals surface area contributed by atoms with Crippen LogP contribution in [-0.2, 0) is 9.47 Å². The molecule has 1 amide bonds. The van der Waals surface area contributed by atoms with E-state index in [9.17, 15) is 4.79 Å². The van der Waals surface area contributed by atoms with E-state index in [4.69, 9.17) is 9.47 Å². The van der Waals surface area contributed by atoms with Crippen LogP contribution in [0.1, 0.15) is 48.3 Å². The summed E-state index contributed by atoms with van der Waals surface area (Å²) in [5.74, 6) is 0.798. The molecule has 0 aromatic carbocycles. The smallest absolute Gasteiger partial charge is 0.272 e. The molecule has 25 heavy (non-hydrogen) atoms. The van der Waals surface area contributed by atoms with E-state index in [0.29, 0.717) is 12.3 Å². The van der Waals surface area contributed by atoms with Gasteiger partial charge in [0, 0.05) is 37.4 Å². The van der Waals surface area contributed by atoms with Crippen molar-refractivity contribution in [2.24, 2.45) is 11.3 Å². The zero-order chi connectivity index (χ0) is 17.3. The molecule has 0 radical (unpaired) electrons. The molecule has 0 unspecified atom stereocenters. The number of likely N-dealkylation sites (tertiary alicyclic amines) is 1. The molecule has 2 atom stereocenters. The maximum Gasteiger partial charge on any atom is 0.272 e. The lowest BCUT2D eigenvalue weighted by Gasteiger charge is -2.50. The molecule has 1 aromatic heterocycles. The fraction of sp³-hybridized carbons (Fsp3) is 0.700. The summed E-state index contributed by atoms with van der Waals surface area (Å²) >= 11 is 0. The third kappa shape index (κ3) is 3.72. The van der Waals surface area contributed by atoms with E-state index in [1.54, 1.807) is 0 Å². The van der Waals surface area contributed by atoms with Crippen molar-refractivity contribution in [1.29, 1.82) is 0 Å². The molecule has 2 saturated heterocycles. The van der Waals surface area contributed by atoms with Gasteiger partial charge in [0.15, 0.2) is 0 Å². The Morgan fingerprint density at radius 1 is 1.40 bits per heavy atom. The van der Waals surface area contributed by atoms with Gasteiger partial charge >= 0.3 is 0 Å². The van der Waals surface area contributed by atoms with Crippen molar-refractivity contribution < 1.29 is 14.3 Å². The average Bonchev–Trinajstić information content (AvgIpc) is 3.45. The fourth-order valence-electron chi connectivity index (χ4n) is 4.21. The summed E-state index contributed by atoms with van der Waals surface area (Å²) in [6, 6.07) is 5.64. The summed E-state index contributed by atoms with van der Waals surface area (Å²) in [7, 11) is 0. The van der Waals surface area contributed by atoms with E-state index in [-0.39, 0.29) is 17.4 Å². The molecule has 3 fully saturated rings. The first kappa shape index (κ1) is 17.0. The quantitative estimate of drug-likeness (QED) is 0.824. The average molecular weight is 344 g/mol. The SMILES string of the molecule is Cc1cccc(C(=O)N2CC[C@@H]3OCCC[C@]3(COCC3CC3)C2)n1. The van der Waals surface area contributed by atoms with Crippen LogP contribution in [0.5, 0.6) is 0 Å². The van der Waals surface area contributed by atoms with Crippen LogP contribution in [0.2, 0.25) is 0 Å². The maximum absolute atomic E-state index is 12.9. The molecule has 1 aliphatic carbocycles. The number of carbonyl (C=O) groups excluding carboxylic acids is 1. The molecule has 3 aliphatic rings. The molecule has 136 valence electrons. The first-order valence-corrected chi connectivity index (χ1v) is 9.59. The molecule has 1 saturated carbocycles. The molecular formula is C20H28N2O3. The highest BCUT2D eigenvalue weighted by atomic mass is 16.5. The summed E-state index contributed by atoms with van der Waals surface area (Å²) in [6.07, 6.45) is 5.84. The first-order valence-electron chi connectivity index (χ1n) is 9.59. The van der Waals surface area contributed by atoms with Crippen molar-refractivity contribution in [3.8, 4) is 0 Å². The van der Waals surface area contributed by atoms with Gasteiger partial charge in [-0.2, -0.15) is 0 Å². The van der Waals surface area contributed by atoms with E-state index in [1.807, 2.05) is 30.0 Å². The Labute approximate surface area is 149 Å². The van der Waals surface area contributed by atoms with Crippen LogP contribution in [0.25, 0.3) is 0 Å². The second kappa shape index (κ2) is 7.04. The van der Waals surface area contributed by atoms with Crippen molar-refractivity contribution >= 4 is 5.91 Å². The third-order valence-corrected chi connectivity index (χ3v) is 5.82. The zero-order valence-corrected chi connectivity index (χ0v) is 15.1. The lowest BCUT2D eigenvalue weighted by molar-refractivity contribution is -0.147. The van der Waals surface area contributed by atoms with Gasteiger partial charge in [0.05, 0.1) is 12.7 Å². The number of ether oxygens (including phenoxy) is 2. The fourth-order valence-corrected chi connectivity index (χ4v) is 4.21. The zero-order valence-electron chi connectivity index (χ0n) is 15.1. The second-order valence-electron chi connectivity index (χ2n) is 7.96. The Bertz CT molecular complexity index is 631. The number of amides is 1. The van der Waals surface area contributed by atoms with E-state index < -0.39 is 0 Å². The minimum absolute atomic E-state index is 0.0364. The van der Waals surface area contributed by atoms with Crippen molar-refractivity contribution in [2.75, 3.05) is 32.9 Å². The van der Waals surface area contributed by atoms with E-state index in [2.05, 4.69) is 4.98 Å². The largest absolute Gasteiger partial charge is 0.380 e. The molecule has 3 heterocycles. The molecule has 4 rings (SSSR count). The standard InChI is InChI=1S/C20H28N2O3/c1-15-4-2-5-17(21-15)19(23)22-10-8-18-20(13-22,9-3-11-25-18)14-24-12-16-6-7-16/h2,4-5,16,18H,3,6-14H2,1H3/t18-,20+/m0/s1. The number of carbonyl (C=O) groups is 1. The Balaban J connectivity index is 1.47. The molecule has 5 nitrogen and oxygen atoms in total.